The van der Waals surface area contributed by atoms with Gasteiger partial charge in [0.2, 0.25) is 0 Å². The molecular weight excluding hydrogens is 416 g/mol. The van der Waals surface area contributed by atoms with E-state index in [4.69, 9.17) is 9.15 Å². The van der Waals surface area contributed by atoms with Crippen LogP contribution in [0, 0.1) is 0 Å². The average Bonchev–Trinajstić information content (AvgIpc) is 2.71. The first-order valence-corrected chi connectivity index (χ1v) is 9.73. The van der Waals surface area contributed by atoms with Crippen LogP contribution in [0.4, 0.5) is 0 Å². The van der Waals surface area contributed by atoms with Gasteiger partial charge in [-0.05, 0) is 51.9 Å². The molecule has 0 radical (unpaired) electrons. The molecule has 4 aromatic carbocycles. The second-order valence-electron chi connectivity index (χ2n) is 6.69. The highest BCUT2D eigenvalue weighted by Gasteiger charge is 2.10. The lowest BCUT2D eigenvalue weighted by atomic mass is 10.0. The van der Waals surface area contributed by atoms with Crippen molar-refractivity contribution in [3.63, 3.8) is 0 Å². The summed E-state index contributed by atoms with van der Waals surface area (Å²) in [4.78, 5) is 12.0. The SMILES string of the molecule is O=c1cc(COc2ccc3cc(Br)ccc3c2)c2c(ccc3ccccc32)o1. The summed E-state index contributed by atoms with van der Waals surface area (Å²) in [6.07, 6.45) is 0. The predicted molar refractivity (Wildman–Crippen MR) is 116 cm³/mol. The minimum Gasteiger partial charge on any atom is -0.489 e. The third-order valence-electron chi connectivity index (χ3n) is 4.88. The number of rotatable bonds is 3. The topological polar surface area (TPSA) is 39.4 Å². The molecule has 0 amide bonds. The van der Waals surface area contributed by atoms with Crippen LogP contribution in [0.1, 0.15) is 5.56 Å². The molecule has 28 heavy (non-hydrogen) atoms. The molecular formula is C24H15BrO3. The molecule has 0 N–H and O–H groups in total. The molecule has 1 heterocycles. The molecule has 0 saturated carbocycles. The Morgan fingerprint density at radius 1 is 0.821 bits per heavy atom. The molecule has 0 bridgehead atoms. The number of hydrogen-bond donors (Lipinski definition) is 0. The van der Waals surface area contributed by atoms with E-state index < -0.39 is 0 Å². The van der Waals surface area contributed by atoms with Crippen LogP contribution in [-0.2, 0) is 6.61 Å². The molecule has 0 saturated heterocycles. The molecule has 1 aromatic heterocycles. The summed E-state index contributed by atoms with van der Waals surface area (Å²) in [6.45, 7) is 0.290. The number of hydrogen-bond acceptors (Lipinski definition) is 3. The molecule has 0 aliphatic rings. The maximum Gasteiger partial charge on any atom is 0.336 e. The number of benzene rings is 4. The summed E-state index contributed by atoms with van der Waals surface area (Å²) in [6, 6.07) is 25.5. The van der Waals surface area contributed by atoms with Gasteiger partial charge in [-0.25, -0.2) is 4.79 Å². The van der Waals surface area contributed by atoms with Gasteiger partial charge in [-0.3, -0.25) is 0 Å². The van der Waals surface area contributed by atoms with Gasteiger partial charge in [-0.1, -0.05) is 58.4 Å². The number of halogens is 1. The zero-order valence-electron chi connectivity index (χ0n) is 14.8. The summed E-state index contributed by atoms with van der Waals surface area (Å²) in [5.41, 5.74) is 1.02. The Labute approximate surface area is 169 Å². The lowest BCUT2D eigenvalue weighted by molar-refractivity contribution is 0.307. The molecule has 5 aromatic rings. The minimum absolute atomic E-state index is 0.290. The van der Waals surface area contributed by atoms with Crippen molar-refractivity contribution in [3.05, 3.63) is 99.3 Å². The van der Waals surface area contributed by atoms with E-state index in [1.165, 1.54) is 6.07 Å². The Morgan fingerprint density at radius 2 is 1.61 bits per heavy atom. The first kappa shape index (κ1) is 17.0. The maximum atomic E-state index is 12.0. The van der Waals surface area contributed by atoms with Crippen molar-refractivity contribution in [2.24, 2.45) is 0 Å². The molecule has 3 nitrogen and oxygen atoms in total. The molecule has 0 aliphatic carbocycles. The van der Waals surface area contributed by atoms with Crippen LogP contribution >= 0.6 is 15.9 Å². The lowest BCUT2D eigenvalue weighted by Crippen LogP contribution is -2.04. The average molecular weight is 431 g/mol. The van der Waals surface area contributed by atoms with E-state index in [2.05, 4.69) is 22.0 Å². The van der Waals surface area contributed by atoms with E-state index in [0.29, 0.717) is 5.58 Å². The van der Waals surface area contributed by atoms with Gasteiger partial charge >= 0.3 is 5.63 Å². The highest BCUT2D eigenvalue weighted by molar-refractivity contribution is 9.10. The third kappa shape index (κ3) is 3.06. The van der Waals surface area contributed by atoms with Gasteiger partial charge in [0.1, 0.15) is 17.9 Å². The summed E-state index contributed by atoms with van der Waals surface area (Å²) in [7, 11) is 0. The van der Waals surface area contributed by atoms with Crippen molar-refractivity contribution in [1.82, 2.24) is 0 Å². The van der Waals surface area contributed by atoms with E-state index in [0.717, 1.165) is 42.7 Å². The standard InChI is InChI=1S/C24H15BrO3/c25-19-8-5-17-12-20(9-6-16(17)11-19)27-14-18-13-23(26)28-22-10-7-15-3-1-2-4-21(15)24(18)22/h1-13H,14H2. The zero-order valence-corrected chi connectivity index (χ0v) is 16.4. The molecule has 0 atom stereocenters. The van der Waals surface area contributed by atoms with Crippen LogP contribution in [0.25, 0.3) is 32.5 Å². The zero-order chi connectivity index (χ0) is 19.1. The highest BCUT2D eigenvalue weighted by Crippen LogP contribution is 2.29. The Bertz CT molecular complexity index is 1400. The fraction of sp³-hybridized carbons (Fsp3) is 0.0417. The van der Waals surface area contributed by atoms with Crippen LogP contribution in [0.2, 0.25) is 0 Å². The quantitative estimate of drug-likeness (QED) is 0.244. The molecule has 136 valence electrons. The molecule has 0 unspecified atom stereocenters. The second kappa shape index (κ2) is 6.80. The van der Waals surface area contributed by atoms with Crippen molar-refractivity contribution in [2.45, 2.75) is 6.61 Å². The fourth-order valence-electron chi connectivity index (χ4n) is 3.58. The van der Waals surface area contributed by atoms with E-state index in [1.807, 2.05) is 66.7 Å². The predicted octanol–water partition coefficient (Wildman–Crippen LogP) is 6.44. The second-order valence-corrected chi connectivity index (χ2v) is 7.61. The third-order valence-corrected chi connectivity index (χ3v) is 5.38. The first-order valence-electron chi connectivity index (χ1n) is 8.94. The van der Waals surface area contributed by atoms with Gasteiger partial charge in [0.15, 0.2) is 0 Å². The van der Waals surface area contributed by atoms with Crippen LogP contribution in [0.5, 0.6) is 5.75 Å². The van der Waals surface area contributed by atoms with E-state index >= 15 is 0 Å². The summed E-state index contributed by atoms with van der Waals surface area (Å²) in [5, 5.41) is 5.30. The summed E-state index contributed by atoms with van der Waals surface area (Å²) < 4.78 is 12.5. The normalized spacial score (nSPS) is 11.3. The fourth-order valence-corrected chi connectivity index (χ4v) is 3.96. The molecule has 0 aliphatic heterocycles. The summed E-state index contributed by atoms with van der Waals surface area (Å²) >= 11 is 3.49. The Hall–Kier alpha value is -3.11. The van der Waals surface area contributed by atoms with E-state index in [9.17, 15) is 4.79 Å². The monoisotopic (exact) mass is 430 g/mol. The molecule has 4 heteroatoms. The maximum absolute atomic E-state index is 12.0. The molecule has 0 fully saturated rings. The van der Waals surface area contributed by atoms with Crippen LogP contribution < -0.4 is 10.4 Å². The Morgan fingerprint density at radius 3 is 2.54 bits per heavy atom. The number of ether oxygens (including phenoxy) is 1. The number of fused-ring (bicyclic) bond motifs is 4. The van der Waals surface area contributed by atoms with Gasteiger partial charge in [0.05, 0.1) is 0 Å². The first-order chi connectivity index (χ1) is 13.7. The van der Waals surface area contributed by atoms with Crippen molar-refractivity contribution in [2.75, 3.05) is 0 Å². The molecule has 5 rings (SSSR count). The van der Waals surface area contributed by atoms with Crippen molar-refractivity contribution in [1.29, 1.82) is 0 Å². The molecule has 0 spiro atoms. The highest BCUT2D eigenvalue weighted by atomic mass is 79.9. The summed E-state index contributed by atoms with van der Waals surface area (Å²) in [5.74, 6) is 0.761. The van der Waals surface area contributed by atoms with E-state index in [1.54, 1.807) is 0 Å². The van der Waals surface area contributed by atoms with Crippen LogP contribution in [0.15, 0.2) is 92.5 Å². The van der Waals surface area contributed by atoms with Gasteiger partial charge < -0.3 is 9.15 Å². The largest absolute Gasteiger partial charge is 0.489 e. The lowest BCUT2D eigenvalue weighted by Gasteiger charge is -2.11. The van der Waals surface area contributed by atoms with Gasteiger partial charge in [0.25, 0.3) is 0 Å². The van der Waals surface area contributed by atoms with Crippen molar-refractivity contribution >= 4 is 48.4 Å². The smallest absolute Gasteiger partial charge is 0.336 e. The van der Waals surface area contributed by atoms with Gasteiger partial charge in [-0.15, -0.1) is 0 Å². The van der Waals surface area contributed by atoms with Crippen LogP contribution in [0.3, 0.4) is 0 Å². The Balaban J connectivity index is 1.57. The minimum atomic E-state index is -0.371. The van der Waals surface area contributed by atoms with Crippen LogP contribution in [-0.4, -0.2) is 0 Å². The van der Waals surface area contributed by atoms with E-state index in [-0.39, 0.29) is 12.2 Å². The van der Waals surface area contributed by atoms with Gasteiger partial charge in [-0.2, -0.15) is 0 Å². The van der Waals surface area contributed by atoms with Gasteiger partial charge in [0, 0.05) is 21.5 Å². The van der Waals surface area contributed by atoms with Crippen molar-refractivity contribution in [3.8, 4) is 5.75 Å². The Kier molecular flexibility index (Phi) is 4.14. The van der Waals surface area contributed by atoms with Crippen molar-refractivity contribution < 1.29 is 9.15 Å².